The maximum absolute atomic E-state index is 12.4. The molecule has 3 rings (SSSR count). The summed E-state index contributed by atoms with van der Waals surface area (Å²) in [5.74, 6) is 0.617. The SMILES string of the molecule is COc1cc(N2CCN(CCn3cccn3)CC2=O)ccn1. The zero-order valence-electron chi connectivity index (χ0n) is 12.6. The third kappa shape index (κ3) is 3.25. The fourth-order valence-corrected chi connectivity index (χ4v) is 2.54. The summed E-state index contributed by atoms with van der Waals surface area (Å²) in [5, 5.41) is 4.18. The van der Waals surface area contributed by atoms with Crippen LogP contribution in [0, 0.1) is 0 Å². The van der Waals surface area contributed by atoms with Crippen LogP contribution in [0.5, 0.6) is 5.88 Å². The van der Waals surface area contributed by atoms with Crippen molar-refractivity contribution >= 4 is 11.6 Å². The molecule has 1 fully saturated rings. The Kier molecular flexibility index (Phi) is 4.34. The van der Waals surface area contributed by atoms with Crippen molar-refractivity contribution in [1.29, 1.82) is 0 Å². The molecule has 0 aliphatic carbocycles. The van der Waals surface area contributed by atoms with E-state index in [2.05, 4.69) is 15.0 Å². The van der Waals surface area contributed by atoms with E-state index in [0.29, 0.717) is 19.0 Å². The van der Waals surface area contributed by atoms with E-state index in [1.54, 1.807) is 30.5 Å². The van der Waals surface area contributed by atoms with Crippen LogP contribution >= 0.6 is 0 Å². The average Bonchev–Trinajstić information content (AvgIpc) is 3.06. The van der Waals surface area contributed by atoms with Crippen molar-refractivity contribution in [3.8, 4) is 5.88 Å². The van der Waals surface area contributed by atoms with Crippen LogP contribution in [0.15, 0.2) is 36.8 Å². The largest absolute Gasteiger partial charge is 0.481 e. The number of hydrogen-bond donors (Lipinski definition) is 0. The summed E-state index contributed by atoms with van der Waals surface area (Å²) in [6, 6.07) is 5.52. The summed E-state index contributed by atoms with van der Waals surface area (Å²) < 4.78 is 6.99. The number of rotatable bonds is 5. The molecule has 0 bridgehead atoms. The molecule has 0 radical (unpaired) electrons. The molecule has 0 N–H and O–H groups in total. The van der Waals surface area contributed by atoms with Gasteiger partial charge in [0.15, 0.2) is 0 Å². The van der Waals surface area contributed by atoms with Gasteiger partial charge in [0.25, 0.3) is 0 Å². The summed E-state index contributed by atoms with van der Waals surface area (Å²) in [4.78, 5) is 20.4. The van der Waals surface area contributed by atoms with Gasteiger partial charge in [-0.05, 0) is 12.1 Å². The quantitative estimate of drug-likeness (QED) is 0.811. The Morgan fingerprint density at radius 1 is 1.27 bits per heavy atom. The van der Waals surface area contributed by atoms with E-state index < -0.39 is 0 Å². The number of nitrogens with zero attached hydrogens (tertiary/aromatic N) is 5. The zero-order chi connectivity index (χ0) is 15.4. The second kappa shape index (κ2) is 6.57. The standard InChI is InChI=1S/C15H19N5O2/c1-22-14-11-13(3-5-16-14)20-10-8-18(12-15(20)21)7-9-19-6-2-4-17-19/h2-6,11H,7-10,12H2,1H3. The third-order valence-corrected chi connectivity index (χ3v) is 3.74. The van der Waals surface area contributed by atoms with Gasteiger partial charge in [-0.15, -0.1) is 0 Å². The molecule has 0 spiro atoms. The molecule has 0 unspecified atom stereocenters. The van der Waals surface area contributed by atoms with Crippen LogP contribution in [-0.2, 0) is 11.3 Å². The molecule has 7 heteroatoms. The van der Waals surface area contributed by atoms with Gasteiger partial charge in [-0.3, -0.25) is 14.4 Å². The molecule has 0 aromatic carbocycles. The summed E-state index contributed by atoms with van der Waals surface area (Å²) in [5.41, 5.74) is 0.837. The summed E-state index contributed by atoms with van der Waals surface area (Å²) in [6.07, 6.45) is 5.35. The zero-order valence-corrected chi connectivity index (χ0v) is 12.6. The Morgan fingerprint density at radius 2 is 2.18 bits per heavy atom. The number of anilines is 1. The first-order valence-electron chi connectivity index (χ1n) is 7.26. The van der Waals surface area contributed by atoms with Crippen molar-refractivity contribution in [2.45, 2.75) is 6.54 Å². The van der Waals surface area contributed by atoms with Gasteiger partial charge in [0.1, 0.15) is 0 Å². The monoisotopic (exact) mass is 301 g/mol. The Morgan fingerprint density at radius 3 is 2.91 bits per heavy atom. The van der Waals surface area contributed by atoms with Crippen molar-refractivity contribution in [2.75, 3.05) is 38.2 Å². The Bertz CT molecular complexity index is 629. The predicted molar refractivity (Wildman–Crippen MR) is 81.8 cm³/mol. The highest BCUT2D eigenvalue weighted by Crippen LogP contribution is 2.20. The first-order chi connectivity index (χ1) is 10.8. The highest BCUT2D eigenvalue weighted by atomic mass is 16.5. The van der Waals surface area contributed by atoms with Crippen LogP contribution in [0.25, 0.3) is 0 Å². The molecule has 0 atom stereocenters. The van der Waals surface area contributed by atoms with Gasteiger partial charge >= 0.3 is 0 Å². The molecule has 1 amide bonds. The van der Waals surface area contributed by atoms with E-state index in [9.17, 15) is 4.79 Å². The molecule has 116 valence electrons. The number of pyridine rings is 1. The van der Waals surface area contributed by atoms with Crippen molar-refractivity contribution in [3.05, 3.63) is 36.8 Å². The van der Waals surface area contributed by atoms with Crippen molar-refractivity contribution in [1.82, 2.24) is 19.7 Å². The molecular formula is C15H19N5O2. The van der Waals surface area contributed by atoms with Gasteiger partial charge in [0, 0.05) is 44.3 Å². The van der Waals surface area contributed by atoms with E-state index in [4.69, 9.17) is 4.74 Å². The third-order valence-electron chi connectivity index (χ3n) is 3.74. The first-order valence-corrected chi connectivity index (χ1v) is 7.26. The minimum absolute atomic E-state index is 0.0972. The van der Waals surface area contributed by atoms with Crippen LogP contribution in [0.3, 0.4) is 0 Å². The number of aromatic nitrogens is 3. The lowest BCUT2D eigenvalue weighted by atomic mass is 10.2. The first kappa shape index (κ1) is 14.5. The normalized spacial score (nSPS) is 16.0. The molecule has 0 saturated carbocycles. The Hall–Kier alpha value is -2.41. The lowest BCUT2D eigenvalue weighted by Gasteiger charge is -2.34. The molecule has 3 heterocycles. The van der Waals surface area contributed by atoms with E-state index in [1.807, 2.05) is 23.0 Å². The number of hydrogen-bond acceptors (Lipinski definition) is 5. The fraction of sp³-hybridized carbons (Fsp3) is 0.400. The number of ether oxygens (including phenoxy) is 1. The molecule has 22 heavy (non-hydrogen) atoms. The van der Waals surface area contributed by atoms with Crippen LogP contribution in [0.2, 0.25) is 0 Å². The van der Waals surface area contributed by atoms with Gasteiger partial charge < -0.3 is 9.64 Å². The smallest absolute Gasteiger partial charge is 0.241 e. The highest BCUT2D eigenvalue weighted by molar-refractivity contribution is 5.95. The van der Waals surface area contributed by atoms with Crippen molar-refractivity contribution < 1.29 is 9.53 Å². The number of piperazine rings is 1. The second-order valence-corrected chi connectivity index (χ2v) is 5.15. The van der Waals surface area contributed by atoms with Crippen LogP contribution < -0.4 is 9.64 Å². The van der Waals surface area contributed by atoms with Gasteiger partial charge in [-0.1, -0.05) is 0 Å². The average molecular weight is 301 g/mol. The summed E-state index contributed by atoms with van der Waals surface area (Å²) in [6.45, 7) is 3.55. The van der Waals surface area contributed by atoms with Crippen LogP contribution in [0.4, 0.5) is 5.69 Å². The number of carbonyl (C=O) groups is 1. The molecular weight excluding hydrogens is 282 g/mol. The van der Waals surface area contributed by atoms with E-state index in [-0.39, 0.29) is 5.91 Å². The summed E-state index contributed by atoms with van der Waals surface area (Å²) >= 11 is 0. The summed E-state index contributed by atoms with van der Waals surface area (Å²) in [7, 11) is 1.57. The predicted octanol–water partition coefficient (Wildman–Crippen LogP) is 0.635. The molecule has 7 nitrogen and oxygen atoms in total. The van der Waals surface area contributed by atoms with Gasteiger partial charge in [-0.25, -0.2) is 4.98 Å². The topological polar surface area (TPSA) is 63.5 Å². The van der Waals surface area contributed by atoms with E-state index >= 15 is 0 Å². The van der Waals surface area contributed by atoms with Gasteiger partial charge in [-0.2, -0.15) is 5.10 Å². The van der Waals surface area contributed by atoms with Crippen LogP contribution in [0.1, 0.15) is 0 Å². The highest BCUT2D eigenvalue weighted by Gasteiger charge is 2.25. The fourth-order valence-electron chi connectivity index (χ4n) is 2.54. The molecule has 2 aromatic rings. The Balaban J connectivity index is 1.58. The minimum atomic E-state index is 0.0972. The van der Waals surface area contributed by atoms with E-state index in [1.165, 1.54) is 0 Å². The van der Waals surface area contributed by atoms with Gasteiger partial charge in [0.05, 0.1) is 25.9 Å². The molecule has 1 aliphatic heterocycles. The van der Waals surface area contributed by atoms with Gasteiger partial charge in [0.2, 0.25) is 11.8 Å². The van der Waals surface area contributed by atoms with Crippen LogP contribution in [-0.4, -0.2) is 58.9 Å². The van der Waals surface area contributed by atoms with E-state index in [0.717, 1.165) is 25.3 Å². The lowest BCUT2D eigenvalue weighted by molar-refractivity contribution is -0.121. The maximum atomic E-state index is 12.4. The number of carbonyl (C=O) groups excluding carboxylic acids is 1. The number of methoxy groups -OCH3 is 1. The Labute approximate surface area is 129 Å². The second-order valence-electron chi connectivity index (χ2n) is 5.15. The maximum Gasteiger partial charge on any atom is 0.241 e. The van der Waals surface area contributed by atoms with Crippen molar-refractivity contribution in [2.24, 2.45) is 0 Å². The van der Waals surface area contributed by atoms with Crippen molar-refractivity contribution in [3.63, 3.8) is 0 Å². The molecule has 1 saturated heterocycles. The molecule has 2 aromatic heterocycles. The molecule has 1 aliphatic rings. The lowest BCUT2D eigenvalue weighted by Crippen LogP contribution is -2.51. The minimum Gasteiger partial charge on any atom is -0.481 e. The number of amides is 1.